The number of rotatable bonds is 3. The Hall–Kier alpha value is -1.24. The van der Waals surface area contributed by atoms with Crippen LogP contribution in [0.15, 0.2) is 23.7 Å². The predicted octanol–water partition coefficient (Wildman–Crippen LogP) is 0.419. The molecular formula is C7H9N5S. The van der Waals surface area contributed by atoms with E-state index >= 15 is 0 Å². The summed E-state index contributed by atoms with van der Waals surface area (Å²) in [6.07, 6.45) is 1.66. The zero-order chi connectivity index (χ0) is 9.10. The standard InChI is InChI=1S/C7H9N5S/c8-10-7(5-4-9-12-11-5)6-2-1-3-13-6/h1-4,7,10H,8H2,(H,9,11,12). The van der Waals surface area contributed by atoms with E-state index in [1.807, 2.05) is 17.5 Å². The fourth-order valence-electron chi connectivity index (χ4n) is 1.12. The molecule has 2 heterocycles. The van der Waals surface area contributed by atoms with Crippen molar-refractivity contribution in [3.05, 3.63) is 34.3 Å². The van der Waals surface area contributed by atoms with Gasteiger partial charge in [0.25, 0.3) is 0 Å². The van der Waals surface area contributed by atoms with Gasteiger partial charge in [-0.1, -0.05) is 6.07 Å². The molecule has 2 rings (SSSR count). The Morgan fingerprint density at radius 3 is 3.08 bits per heavy atom. The van der Waals surface area contributed by atoms with Gasteiger partial charge in [-0.2, -0.15) is 15.4 Å². The Labute approximate surface area is 78.9 Å². The molecule has 0 aliphatic heterocycles. The predicted molar refractivity (Wildman–Crippen MR) is 49.9 cm³/mol. The summed E-state index contributed by atoms with van der Waals surface area (Å²) in [7, 11) is 0. The minimum atomic E-state index is -0.0706. The van der Waals surface area contributed by atoms with Crippen molar-refractivity contribution in [1.29, 1.82) is 0 Å². The first-order chi connectivity index (χ1) is 6.42. The van der Waals surface area contributed by atoms with E-state index in [1.165, 1.54) is 0 Å². The maximum Gasteiger partial charge on any atom is 0.106 e. The van der Waals surface area contributed by atoms with Crippen molar-refractivity contribution in [2.45, 2.75) is 6.04 Å². The number of nitrogens with one attached hydrogen (secondary N) is 2. The van der Waals surface area contributed by atoms with Crippen LogP contribution in [-0.4, -0.2) is 15.4 Å². The molecule has 0 radical (unpaired) electrons. The van der Waals surface area contributed by atoms with Crippen LogP contribution in [0.2, 0.25) is 0 Å². The van der Waals surface area contributed by atoms with Crippen LogP contribution in [0.25, 0.3) is 0 Å². The molecule has 1 atom stereocenters. The van der Waals surface area contributed by atoms with Crippen LogP contribution in [0.4, 0.5) is 0 Å². The molecule has 4 N–H and O–H groups in total. The molecule has 0 aromatic carbocycles. The molecule has 0 saturated carbocycles. The molecule has 1 unspecified atom stereocenters. The third-order valence-corrected chi connectivity index (χ3v) is 2.66. The number of hydrogen-bond donors (Lipinski definition) is 3. The third kappa shape index (κ3) is 1.59. The van der Waals surface area contributed by atoms with Crippen LogP contribution in [0.5, 0.6) is 0 Å². The zero-order valence-electron chi connectivity index (χ0n) is 6.77. The van der Waals surface area contributed by atoms with E-state index < -0.39 is 0 Å². The Kier molecular flexibility index (Phi) is 2.35. The third-order valence-electron chi connectivity index (χ3n) is 1.72. The summed E-state index contributed by atoms with van der Waals surface area (Å²) in [6.45, 7) is 0. The van der Waals surface area contributed by atoms with Crippen molar-refractivity contribution in [2.75, 3.05) is 0 Å². The van der Waals surface area contributed by atoms with Crippen molar-refractivity contribution in [3.8, 4) is 0 Å². The van der Waals surface area contributed by atoms with Crippen LogP contribution in [-0.2, 0) is 0 Å². The number of aromatic nitrogens is 3. The highest BCUT2D eigenvalue weighted by atomic mass is 32.1. The summed E-state index contributed by atoms with van der Waals surface area (Å²) in [5.74, 6) is 5.43. The van der Waals surface area contributed by atoms with E-state index in [9.17, 15) is 0 Å². The molecular weight excluding hydrogens is 186 g/mol. The van der Waals surface area contributed by atoms with Gasteiger partial charge < -0.3 is 0 Å². The maximum atomic E-state index is 5.43. The molecule has 5 nitrogen and oxygen atoms in total. The highest BCUT2D eigenvalue weighted by Crippen LogP contribution is 2.22. The van der Waals surface area contributed by atoms with E-state index in [1.54, 1.807) is 17.5 Å². The van der Waals surface area contributed by atoms with Crippen LogP contribution in [0, 0.1) is 0 Å². The van der Waals surface area contributed by atoms with Crippen molar-refractivity contribution < 1.29 is 0 Å². The summed E-state index contributed by atoms with van der Waals surface area (Å²) < 4.78 is 0. The average Bonchev–Trinajstić information content (AvgIpc) is 2.76. The molecule has 6 heteroatoms. The molecule has 0 fully saturated rings. The molecule has 0 aliphatic rings. The molecule has 68 valence electrons. The normalized spacial score (nSPS) is 13.0. The molecule has 13 heavy (non-hydrogen) atoms. The molecule has 0 saturated heterocycles. The Morgan fingerprint density at radius 1 is 1.62 bits per heavy atom. The fraction of sp³-hybridized carbons (Fsp3) is 0.143. The monoisotopic (exact) mass is 195 g/mol. The molecule has 0 amide bonds. The van der Waals surface area contributed by atoms with Gasteiger partial charge in [-0.3, -0.25) is 5.84 Å². The SMILES string of the molecule is NNC(c1cn[nH]n1)c1cccs1. The van der Waals surface area contributed by atoms with E-state index in [2.05, 4.69) is 20.8 Å². The van der Waals surface area contributed by atoms with Crippen molar-refractivity contribution in [2.24, 2.45) is 5.84 Å². The summed E-state index contributed by atoms with van der Waals surface area (Å²) in [5, 5.41) is 12.3. The first-order valence-corrected chi connectivity index (χ1v) is 4.65. The van der Waals surface area contributed by atoms with Crippen molar-refractivity contribution in [1.82, 2.24) is 20.8 Å². The summed E-state index contributed by atoms with van der Waals surface area (Å²) in [6, 6.07) is 3.91. The number of H-pyrrole nitrogens is 1. The summed E-state index contributed by atoms with van der Waals surface area (Å²) in [5.41, 5.74) is 3.49. The second kappa shape index (κ2) is 3.65. The van der Waals surface area contributed by atoms with Gasteiger partial charge in [-0.05, 0) is 11.4 Å². The molecule has 2 aromatic heterocycles. The number of hydrazine groups is 1. The second-order valence-corrected chi connectivity index (χ2v) is 3.49. The summed E-state index contributed by atoms with van der Waals surface area (Å²) >= 11 is 1.63. The number of aromatic amines is 1. The van der Waals surface area contributed by atoms with Crippen LogP contribution < -0.4 is 11.3 Å². The minimum absolute atomic E-state index is 0.0706. The lowest BCUT2D eigenvalue weighted by Crippen LogP contribution is -2.28. The van der Waals surface area contributed by atoms with E-state index in [0.717, 1.165) is 10.6 Å². The fourth-order valence-corrected chi connectivity index (χ4v) is 1.91. The van der Waals surface area contributed by atoms with Gasteiger partial charge in [0.2, 0.25) is 0 Å². The molecule has 0 aliphatic carbocycles. The lowest BCUT2D eigenvalue weighted by atomic mass is 10.2. The van der Waals surface area contributed by atoms with Gasteiger partial charge in [0, 0.05) is 4.88 Å². The molecule has 0 spiro atoms. The van der Waals surface area contributed by atoms with E-state index in [-0.39, 0.29) is 6.04 Å². The largest absolute Gasteiger partial charge is 0.270 e. The van der Waals surface area contributed by atoms with Gasteiger partial charge >= 0.3 is 0 Å². The van der Waals surface area contributed by atoms with Gasteiger partial charge in [0.1, 0.15) is 11.7 Å². The van der Waals surface area contributed by atoms with Crippen LogP contribution in [0.3, 0.4) is 0 Å². The Morgan fingerprint density at radius 2 is 2.54 bits per heavy atom. The quantitative estimate of drug-likeness (QED) is 0.490. The highest BCUT2D eigenvalue weighted by Gasteiger charge is 2.15. The summed E-state index contributed by atoms with van der Waals surface area (Å²) in [4.78, 5) is 1.12. The smallest absolute Gasteiger partial charge is 0.106 e. The van der Waals surface area contributed by atoms with E-state index in [4.69, 9.17) is 5.84 Å². The average molecular weight is 195 g/mol. The first kappa shape index (κ1) is 8.36. The zero-order valence-corrected chi connectivity index (χ0v) is 7.58. The second-order valence-electron chi connectivity index (χ2n) is 2.51. The maximum absolute atomic E-state index is 5.43. The van der Waals surface area contributed by atoms with Crippen molar-refractivity contribution in [3.63, 3.8) is 0 Å². The van der Waals surface area contributed by atoms with Gasteiger partial charge in [0.15, 0.2) is 0 Å². The molecule has 2 aromatic rings. The number of thiophene rings is 1. The van der Waals surface area contributed by atoms with Crippen molar-refractivity contribution >= 4 is 11.3 Å². The Bertz CT molecular complexity index is 307. The van der Waals surface area contributed by atoms with Gasteiger partial charge in [0.05, 0.1) is 6.20 Å². The number of hydrogen-bond acceptors (Lipinski definition) is 5. The Balaban J connectivity index is 2.29. The lowest BCUT2D eigenvalue weighted by Gasteiger charge is -2.09. The molecule has 0 bridgehead atoms. The topological polar surface area (TPSA) is 79.6 Å². The first-order valence-electron chi connectivity index (χ1n) is 3.77. The van der Waals surface area contributed by atoms with Crippen LogP contribution in [0.1, 0.15) is 16.6 Å². The van der Waals surface area contributed by atoms with Gasteiger partial charge in [-0.25, -0.2) is 5.43 Å². The lowest BCUT2D eigenvalue weighted by molar-refractivity contribution is 0.627. The number of nitrogens with two attached hydrogens (primary N) is 1. The highest BCUT2D eigenvalue weighted by molar-refractivity contribution is 7.10. The number of nitrogens with zero attached hydrogens (tertiary/aromatic N) is 2. The van der Waals surface area contributed by atoms with Crippen LogP contribution >= 0.6 is 11.3 Å². The minimum Gasteiger partial charge on any atom is -0.270 e. The van der Waals surface area contributed by atoms with E-state index in [0.29, 0.717) is 0 Å². The van der Waals surface area contributed by atoms with Gasteiger partial charge in [-0.15, -0.1) is 11.3 Å².